The molecule has 0 aliphatic heterocycles. The average Bonchev–Trinajstić information content (AvgIpc) is 2.74. The highest BCUT2D eigenvalue weighted by Gasteiger charge is 2.04. The minimum absolute atomic E-state index is 0.0815. The van der Waals surface area contributed by atoms with Gasteiger partial charge in [-0.2, -0.15) is 4.98 Å². The van der Waals surface area contributed by atoms with E-state index in [0.717, 1.165) is 6.20 Å². The van der Waals surface area contributed by atoms with Crippen LogP contribution in [0.2, 0.25) is 0 Å². The third-order valence-electron chi connectivity index (χ3n) is 1.77. The molecule has 0 aliphatic rings. The van der Waals surface area contributed by atoms with Crippen LogP contribution in [0.4, 0.5) is 5.95 Å². The number of nitrogens with one attached hydrogen (secondary N) is 3. The fourth-order valence-electron chi connectivity index (χ4n) is 1.09. The molecule has 16 heavy (non-hydrogen) atoms. The highest BCUT2D eigenvalue weighted by Crippen LogP contribution is 2.02. The van der Waals surface area contributed by atoms with E-state index in [1.165, 1.54) is 6.33 Å². The smallest absolute Gasteiger partial charge is 0.278 e. The molecule has 8 heteroatoms. The first-order chi connectivity index (χ1) is 7.70. The number of aldehydes is 1. The molecule has 0 saturated heterocycles. The van der Waals surface area contributed by atoms with E-state index in [9.17, 15) is 9.59 Å². The van der Waals surface area contributed by atoms with E-state index in [0.29, 0.717) is 0 Å². The summed E-state index contributed by atoms with van der Waals surface area (Å²) >= 11 is 0. The van der Waals surface area contributed by atoms with Gasteiger partial charge >= 0.3 is 0 Å². The Labute approximate surface area is 88.1 Å². The quantitative estimate of drug-likeness (QED) is 0.319. The first kappa shape index (κ1) is 9.90. The lowest BCUT2D eigenvalue weighted by atomic mass is 10.5. The van der Waals surface area contributed by atoms with Crippen LogP contribution in [0.25, 0.3) is 11.2 Å². The number of aromatic amines is 2. The van der Waals surface area contributed by atoms with E-state index in [1.54, 1.807) is 0 Å². The molecule has 0 bridgehead atoms. The van der Waals surface area contributed by atoms with Gasteiger partial charge in [-0.25, -0.2) is 4.98 Å². The van der Waals surface area contributed by atoms with Gasteiger partial charge in [0.05, 0.1) is 6.33 Å². The van der Waals surface area contributed by atoms with E-state index in [2.05, 4.69) is 25.3 Å². The molecule has 0 aromatic carbocycles. The van der Waals surface area contributed by atoms with Crippen molar-refractivity contribution in [3.63, 3.8) is 0 Å². The summed E-state index contributed by atoms with van der Waals surface area (Å²) in [5.41, 5.74) is 0.100. The summed E-state index contributed by atoms with van der Waals surface area (Å²) in [6, 6.07) is 0. The first-order valence-corrected chi connectivity index (χ1v) is 4.25. The Kier molecular flexibility index (Phi) is 2.38. The Morgan fingerprint density at radius 3 is 3.12 bits per heavy atom. The van der Waals surface area contributed by atoms with Crippen molar-refractivity contribution in [1.29, 1.82) is 0 Å². The zero-order valence-corrected chi connectivity index (χ0v) is 7.89. The van der Waals surface area contributed by atoms with Gasteiger partial charge in [0.1, 0.15) is 0 Å². The highest BCUT2D eigenvalue weighted by molar-refractivity contribution is 5.71. The molecule has 0 saturated carbocycles. The average molecular weight is 221 g/mol. The summed E-state index contributed by atoms with van der Waals surface area (Å²) in [7, 11) is 0. The Bertz CT molecular complexity index is 611. The van der Waals surface area contributed by atoms with Gasteiger partial charge in [-0.1, -0.05) is 0 Å². The van der Waals surface area contributed by atoms with Crippen LogP contribution < -0.4 is 10.9 Å². The summed E-state index contributed by atoms with van der Waals surface area (Å²) in [4.78, 5) is 34.3. The monoisotopic (exact) mass is 221 g/mol. The number of allylic oxidation sites excluding steroid dienone is 1. The van der Waals surface area contributed by atoms with Crippen molar-refractivity contribution in [3.05, 3.63) is 28.6 Å². The third-order valence-corrected chi connectivity index (χ3v) is 1.77. The van der Waals surface area contributed by atoms with E-state index < -0.39 is 11.3 Å². The number of aliphatic hydroxyl groups excluding tert-OH is 1. The molecule has 0 fully saturated rings. The standard InChI is InChI=1S/C8H7N5O3/c14-2-4(15)1-9-8-12-6-5(7(16)13-8)10-3-11-6/h1-3,15H,(H3,9,10,11,12,13,16)/b4-1-. The maximum atomic E-state index is 11.4. The molecule has 2 aromatic rings. The fraction of sp³-hybridized carbons (Fsp3) is 0. The van der Waals surface area contributed by atoms with Crippen LogP contribution in [0.5, 0.6) is 0 Å². The number of aromatic nitrogens is 4. The van der Waals surface area contributed by atoms with E-state index in [4.69, 9.17) is 5.11 Å². The van der Waals surface area contributed by atoms with Crippen LogP contribution in [-0.2, 0) is 4.79 Å². The van der Waals surface area contributed by atoms with Gasteiger partial charge in [0.25, 0.3) is 5.56 Å². The van der Waals surface area contributed by atoms with Crippen molar-refractivity contribution in [3.8, 4) is 0 Å². The number of fused-ring (bicyclic) bond motifs is 1. The predicted octanol–water partition coefficient (Wildman–Crippen LogP) is -0.344. The lowest BCUT2D eigenvalue weighted by Crippen LogP contribution is -2.11. The van der Waals surface area contributed by atoms with Crippen LogP contribution in [-0.4, -0.2) is 31.3 Å². The van der Waals surface area contributed by atoms with Gasteiger partial charge in [-0.15, -0.1) is 0 Å². The van der Waals surface area contributed by atoms with Gasteiger partial charge in [0.2, 0.25) is 5.95 Å². The molecule has 0 amide bonds. The maximum Gasteiger partial charge on any atom is 0.278 e. The van der Waals surface area contributed by atoms with E-state index in [-0.39, 0.29) is 23.4 Å². The van der Waals surface area contributed by atoms with Crippen LogP contribution in [0.3, 0.4) is 0 Å². The summed E-state index contributed by atoms with van der Waals surface area (Å²) in [6.07, 6.45) is 2.59. The number of imidazole rings is 1. The summed E-state index contributed by atoms with van der Waals surface area (Å²) in [5, 5.41) is 11.3. The molecule has 4 N–H and O–H groups in total. The van der Waals surface area contributed by atoms with Crippen molar-refractivity contribution in [2.24, 2.45) is 0 Å². The van der Waals surface area contributed by atoms with Gasteiger partial charge in [-0.05, 0) is 0 Å². The number of hydrogen-bond donors (Lipinski definition) is 4. The number of H-pyrrole nitrogens is 2. The topological polar surface area (TPSA) is 124 Å². The summed E-state index contributed by atoms with van der Waals surface area (Å²) in [5.74, 6) is -0.428. The molecule has 0 unspecified atom stereocenters. The van der Waals surface area contributed by atoms with E-state index in [1.807, 2.05) is 0 Å². The van der Waals surface area contributed by atoms with Crippen molar-refractivity contribution < 1.29 is 9.90 Å². The largest absolute Gasteiger partial charge is 0.504 e. The number of hydrogen-bond acceptors (Lipinski definition) is 6. The van der Waals surface area contributed by atoms with Crippen LogP contribution in [0.15, 0.2) is 23.1 Å². The minimum atomic E-state index is -0.509. The molecule has 0 aliphatic carbocycles. The normalized spacial score (nSPS) is 11.6. The molecule has 2 aromatic heterocycles. The second-order valence-electron chi connectivity index (χ2n) is 2.85. The molecule has 8 nitrogen and oxygen atoms in total. The molecule has 0 spiro atoms. The van der Waals surface area contributed by atoms with E-state index >= 15 is 0 Å². The molecule has 82 valence electrons. The van der Waals surface area contributed by atoms with Crippen molar-refractivity contribution >= 4 is 23.4 Å². The number of nitrogens with zero attached hydrogens (tertiary/aromatic N) is 2. The zero-order valence-electron chi connectivity index (χ0n) is 7.89. The maximum absolute atomic E-state index is 11.4. The van der Waals surface area contributed by atoms with Gasteiger partial charge in [-0.3, -0.25) is 14.6 Å². The molecular weight excluding hydrogens is 214 g/mol. The van der Waals surface area contributed by atoms with Crippen molar-refractivity contribution in [2.45, 2.75) is 0 Å². The lowest BCUT2D eigenvalue weighted by Gasteiger charge is -1.98. The number of rotatable bonds is 3. The van der Waals surface area contributed by atoms with Gasteiger partial charge in [0, 0.05) is 6.20 Å². The van der Waals surface area contributed by atoms with Crippen molar-refractivity contribution in [2.75, 3.05) is 5.32 Å². The Morgan fingerprint density at radius 1 is 1.56 bits per heavy atom. The fourth-order valence-corrected chi connectivity index (χ4v) is 1.09. The van der Waals surface area contributed by atoms with Crippen LogP contribution in [0, 0.1) is 0 Å². The molecule has 2 rings (SSSR count). The number of carbonyl (C=O) groups is 1. The van der Waals surface area contributed by atoms with Crippen LogP contribution >= 0.6 is 0 Å². The zero-order chi connectivity index (χ0) is 11.5. The predicted molar refractivity (Wildman–Crippen MR) is 54.9 cm³/mol. The highest BCUT2D eigenvalue weighted by atomic mass is 16.3. The van der Waals surface area contributed by atoms with Crippen molar-refractivity contribution in [1.82, 2.24) is 19.9 Å². The summed E-state index contributed by atoms with van der Waals surface area (Å²) < 4.78 is 0. The minimum Gasteiger partial charge on any atom is -0.504 e. The third kappa shape index (κ3) is 1.75. The molecule has 0 radical (unpaired) electrons. The second kappa shape index (κ2) is 3.85. The molecule has 0 atom stereocenters. The Morgan fingerprint density at radius 2 is 2.38 bits per heavy atom. The SMILES string of the molecule is O=C/C(O)=C/Nc1nc2nc[nH]c2c(=O)[nH]1. The summed E-state index contributed by atoms with van der Waals surface area (Å²) in [6.45, 7) is 0. The molecular formula is C8H7N5O3. The van der Waals surface area contributed by atoms with Gasteiger partial charge < -0.3 is 15.4 Å². The number of anilines is 1. The lowest BCUT2D eigenvalue weighted by molar-refractivity contribution is -0.106. The van der Waals surface area contributed by atoms with Gasteiger partial charge in [0.15, 0.2) is 23.2 Å². The number of aliphatic hydroxyl groups is 1. The second-order valence-corrected chi connectivity index (χ2v) is 2.85. The first-order valence-electron chi connectivity index (χ1n) is 4.25. The Balaban J connectivity index is 2.39. The number of carbonyl (C=O) groups excluding carboxylic acids is 1. The molecule has 2 heterocycles. The Hall–Kier alpha value is -2.64. The van der Waals surface area contributed by atoms with Crippen LogP contribution in [0.1, 0.15) is 0 Å².